The Kier molecular flexibility index (Phi) is 6.30. The van der Waals surface area contributed by atoms with E-state index in [0.717, 1.165) is 11.0 Å². The Labute approximate surface area is 133 Å². The third-order valence-corrected chi connectivity index (χ3v) is 5.25. The molecule has 0 amide bonds. The average molecular weight is 320 g/mol. The largest absolute Gasteiger partial charge is 0.295 e. The number of sulfone groups is 1. The first-order chi connectivity index (χ1) is 10.1. The van der Waals surface area contributed by atoms with Crippen molar-refractivity contribution >= 4 is 15.6 Å². The van der Waals surface area contributed by atoms with Gasteiger partial charge < -0.3 is 0 Å². The second kappa shape index (κ2) is 7.54. The van der Waals surface area contributed by atoms with Crippen LogP contribution in [0.5, 0.6) is 0 Å². The highest BCUT2D eigenvalue weighted by Crippen LogP contribution is 2.20. The van der Waals surface area contributed by atoms with Crippen molar-refractivity contribution in [2.45, 2.75) is 52.4 Å². The molecule has 0 radical (unpaired) electrons. The van der Waals surface area contributed by atoms with Gasteiger partial charge in [-0.3, -0.25) is 4.79 Å². The maximum atomic E-state index is 12.4. The minimum Gasteiger partial charge on any atom is -0.295 e. The van der Waals surface area contributed by atoms with Gasteiger partial charge in [-0.25, -0.2) is 8.42 Å². The average Bonchev–Trinajstić information content (AvgIpc) is 2.43. The molecular formula is C18H24O3S. The quantitative estimate of drug-likeness (QED) is 0.577. The summed E-state index contributed by atoms with van der Waals surface area (Å²) in [7, 11) is -3.59. The van der Waals surface area contributed by atoms with Gasteiger partial charge in [0.15, 0.2) is 15.6 Å². The maximum absolute atomic E-state index is 12.4. The lowest BCUT2D eigenvalue weighted by molar-refractivity contribution is -0.113. The highest BCUT2D eigenvalue weighted by atomic mass is 32.2. The van der Waals surface area contributed by atoms with Crippen LogP contribution in [0.25, 0.3) is 0 Å². The molecule has 0 aliphatic rings. The van der Waals surface area contributed by atoms with E-state index in [-0.39, 0.29) is 10.7 Å². The minimum atomic E-state index is -3.59. The van der Waals surface area contributed by atoms with Crippen molar-refractivity contribution in [3.8, 4) is 0 Å². The molecular weight excluding hydrogens is 296 g/mol. The van der Waals surface area contributed by atoms with Crippen LogP contribution in [0.1, 0.15) is 46.1 Å². The lowest BCUT2D eigenvalue weighted by Gasteiger charge is -2.07. The number of rotatable bonds is 6. The molecule has 0 bridgehead atoms. The van der Waals surface area contributed by atoms with Crippen LogP contribution in [0.2, 0.25) is 0 Å². The minimum absolute atomic E-state index is 0.197. The van der Waals surface area contributed by atoms with Crippen LogP contribution in [0.3, 0.4) is 0 Å². The smallest absolute Gasteiger partial charge is 0.200 e. The number of carbonyl (C=O) groups excluding carboxylic acids is 1. The van der Waals surface area contributed by atoms with Gasteiger partial charge >= 0.3 is 0 Å². The Bertz CT molecular complexity index is 701. The molecule has 1 rings (SSSR count). The fourth-order valence-corrected chi connectivity index (χ4v) is 3.18. The second-order valence-corrected chi connectivity index (χ2v) is 7.63. The number of allylic oxidation sites excluding steroid dienone is 3. The molecule has 0 N–H and O–H groups in total. The molecule has 0 aliphatic carbocycles. The van der Waals surface area contributed by atoms with E-state index in [1.54, 1.807) is 24.3 Å². The van der Waals surface area contributed by atoms with E-state index in [1.807, 2.05) is 27.7 Å². The van der Waals surface area contributed by atoms with Gasteiger partial charge in [-0.05, 0) is 59.6 Å². The summed E-state index contributed by atoms with van der Waals surface area (Å²) in [6.45, 7) is 9.33. The normalized spacial score (nSPS) is 12.1. The third kappa shape index (κ3) is 5.26. The zero-order chi connectivity index (χ0) is 16.9. The lowest BCUT2D eigenvalue weighted by atomic mass is 10.0. The number of Topliss-reactive ketones (excluding diaryl/α,β-unsaturated/α-hetero) is 1. The van der Waals surface area contributed by atoms with Crippen molar-refractivity contribution in [1.82, 2.24) is 0 Å². The SMILES string of the molecule is CC(=O)/C(=C\S(=O)(=O)c1ccc(C)cc1)CCC(C)=C(C)C. The van der Waals surface area contributed by atoms with Crippen LogP contribution in [0, 0.1) is 6.92 Å². The number of ketones is 1. The van der Waals surface area contributed by atoms with Crippen molar-refractivity contribution in [2.75, 3.05) is 0 Å². The molecule has 0 saturated carbocycles. The summed E-state index contributed by atoms with van der Waals surface area (Å²) in [5.74, 6) is -0.197. The van der Waals surface area contributed by atoms with Gasteiger partial charge in [-0.2, -0.15) is 0 Å². The monoisotopic (exact) mass is 320 g/mol. The highest BCUT2D eigenvalue weighted by Gasteiger charge is 2.15. The topological polar surface area (TPSA) is 51.2 Å². The van der Waals surface area contributed by atoms with Gasteiger partial charge in [0.05, 0.1) is 4.90 Å². The van der Waals surface area contributed by atoms with Gasteiger partial charge in [-0.1, -0.05) is 28.8 Å². The zero-order valence-corrected chi connectivity index (χ0v) is 14.8. The predicted octanol–water partition coefficient (Wildman–Crippen LogP) is 4.38. The molecule has 0 fully saturated rings. The summed E-state index contributed by atoms with van der Waals surface area (Å²) >= 11 is 0. The Hall–Kier alpha value is -1.68. The number of carbonyl (C=O) groups is 1. The van der Waals surface area contributed by atoms with Gasteiger partial charge in [-0.15, -0.1) is 0 Å². The van der Waals surface area contributed by atoms with Crippen molar-refractivity contribution < 1.29 is 13.2 Å². The summed E-state index contributed by atoms with van der Waals surface area (Å²) in [5.41, 5.74) is 3.72. The van der Waals surface area contributed by atoms with E-state index in [4.69, 9.17) is 0 Å². The van der Waals surface area contributed by atoms with Crippen LogP contribution in [-0.4, -0.2) is 14.2 Å². The standard InChI is InChI=1S/C18H24O3S/c1-13(2)15(4)8-9-17(16(5)19)12-22(20,21)18-10-6-14(3)7-11-18/h6-7,10-12H,8-9H2,1-5H3/b17-12-. The molecule has 3 nitrogen and oxygen atoms in total. The zero-order valence-electron chi connectivity index (χ0n) is 13.9. The third-order valence-electron chi connectivity index (χ3n) is 3.72. The summed E-state index contributed by atoms with van der Waals surface area (Å²) in [5, 5.41) is 1.12. The second-order valence-electron chi connectivity index (χ2n) is 5.84. The van der Waals surface area contributed by atoms with Crippen molar-refractivity contribution in [3.63, 3.8) is 0 Å². The van der Waals surface area contributed by atoms with Crippen LogP contribution in [-0.2, 0) is 14.6 Å². The predicted molar refractivity (Wildman–Crippen MR) is 90.4 cm³/mol. The van der Waals surface area contributed by atoms with Gasteiger partial charge in [0, 0.05) is 11.0 Å². The van der Waals surface area contributed by atoms with Crippen LogP contribution in [0.4, 0.5) is 0 Å². The molecule has 4 heteroatoms. The van der Waals surface area contributed by atoms with E-state index < -0.39 is 9.84 Å². The molecule has 1 aromatic carbocycles. The van der Waals surface area contributed by atoms with E-state index >= 15 is 0 Å². The molecule has 0 aromatic heterocycles. The fraction of sp³-hybridized carbons (Fsp3) is 0.389. The fourth-order valence-electron chi connectivity index (χ4n) is 1.87. The first kappa shape index (κ1) is 18.4. The van der Waals surface area contributed by atoms with E-state index in [2.05, 4.69) is 0 Å². The highest BCUT2D eigenvalue weighted by molar-refractivity contribution is 7.94. The molecule has 0 aliphatic heterocycles. The number of aryl methyl sites for hydroxylation is 1. The van der Waals surface area contributed by atoms with Gasteiger partial charge in [0.1, 0.15) is 0 Å². The first-order valence-corrected chi connectivity index (χ1v) is 8.84. The Morgan fingerprint density at radius 1 is 1.00 bits per heavy atom. The van der Waals surface area contributed by atoms with Crippen molar-refractivity contribution in [2.24, 2.45) is 0 Å². The number of hydrogen-bond acceptors (Lipinski definition) is 3. The first-order valence-electron chi connectivity index (χ1n) is 7.29. The molecule has 0 spiro atoms. The summed E-state index contributed by atoms with van der Waals surface area (Å²) in [6.07, 6.45) is 1.13. The van der Waals surface area contributed by atoms with Crippen LogP contribution >= 0.6 is 0 Å². The van der Waals surface area contributed by atoms with Crippen LogP contribution in [0.15, 0.2) is 51.3 Å². The van der Waals surface area contributed by atoms with Crippen molar-refractivity contribution in [1.29, 1.82) is 0 Å². The molecule has 22 heavy (non-hydrogen) atoms. The van der Waals surface area contributed by atoms with Gasteiger partial charge in [0.2, 0.25) is 0 Å². The molecule has 0 heterocycles. The summed E-state index contributed by atoms with van der Waals surface area (Å²) < 4.78 is 24.8. The Morgan fingerprint density at radius 3 is 2.00 bits per heavy atom. The molecule has 120 valence electrons. The van der Waals surface area contributed by atoms with Gasteiger partial charge in [0.25, 0.3) is 0 Å². The van der Waals surface area contributed by atoms with Crippen molar-refractivity contribution in [3.05, 3.63) is 52.0 Å². The number of hydrogen-bond donors (Lipinski definition) is 0. The molecule has 1 aromatic rings. The Morgan fingerprint density at radius 2 is 1.55 bits per heavy atom. The molecule has 0 atom stereocenters. The lowest BCUT2D eigenvalue weighted by Crippen LogP contribution is -2.04. The number of benzene rings is 1. The van der Waals surface area contributed by atoms with E-state index in [9.17, 15) is 13.2 Å². The van der Waals surface area contributed by atoms with Crippen LogP contribution < -0.4 is 0 Å². The summed E-state index contributed by atoms with van der Waals surface area (Å²) in [4.78, 5) is 12.0. The molecule has 0 unspecified atom stereocenters. The Balaban J connectivity index is 3.09. The summed E-state index contributed by atoms with van der Waals surface area (Å²) in [6, 6.07) is 6.64. The molecule has 0 saturated heterocycles. The van der Waals surface area contributed by atoms with E-state index in [0.29, 0.717) is 18.4 Å². The maximum Gasteiger partial charge on any atom is 0.200 e. The van der Waals surface area contributed by atoms with E-state index in [1.165, 1.54) is 18.1 Å².